The second-order valence-electron chi connectivity index (χ2n) is 6.61. The molecule has 2 heterocycles. The molecule has 2 aliphatic heterocycles. The van der Waals surface area contributed by atoms with Crippen LogP contribution in [-0.4, -0.2) is 37.7 Å². The molecule has 1 spiro atoms. The molecule has 3 heteroatoms. The molecule has 1 unspecified atom stereocenters. The first-order chi connectivity index (χ1) is 10.3. The van der Waals surface area contributed by atoms with Crippen molar-refractivity contribution in [2.45, 2.75) is 30.4 Å². The fourth-order valence-corrected chi connectivity index (χ4v) is 4.92. The van der Waals surface area contributed by atoms with E-state index in [4.69, 9.17) is 9.47 Å². The molecule has 0 aromatic heterocycles. The fraction of sp³-hybridized carbons (Fsp3) is 0.444. The molecule has 1 aromatic rings. The first-order valence-corrected chi connectivity index (χ1v) is 7.71. The smallest absolute Gasteiger partial charge is 0.169 e. The van der Waals surface area contributed by atoms with Gasteiger partial charge in [-0.15, -0.1) is 0 Å². The molecule has 0 amide bonds. The van der Waals surface area contributed by atoms with E-state index in [0.717, 1.165) is 30.9 Å². The quantitative estimate of drug-likeness (QED) is 0.789. The van der Waals surface area contributed by atoms with Crippen LogP contribution >= 0.6 is 0 Å². The molecule has 0 saturated carbocycles. The van der Waals surface area contributed by atoms with Gasteiger partial charge >= 0.3 is 0 Å². The van der Waals surface area contributed by atoms with Crippen molar-refractivity contribution in [1.29, 1.82) is 0 Å². The SMILES string of the molecule is COC1=CC=C2C3Cc4cccc5c4[C@@]2(CCN3C)[C@H]1O5. The van der Waals surface area contributed by atoms with Crippen LogP contribution in [0.4, 0.5) is 0 Å². The maximum atomic E-state index is 6.36. The number of allylic oxidation sites excluding steroid dienone is 2. The summed E-state index contributed by atoms with van der Waals surface area (Å²) in [6, 6.07) is 7.03. The van der Waals surface area contributed by atoms with E-state index in [0.29, 0.717) is 6.04 Å². The highest BCUT2D eigenvalue weighted by Gasteiger charge is 2.61. The highest BCUT2D eigenvalue weighted by Crippen LogP contribution is 2.60. The maximum Gasteiger partial charge on any atom is 0.169 e. The molecule has 1 aromatic carbocycles. The number of hydrogen-bond donors (Lipinski definition) is 0. The highest BCUT2D eigenvalue weighted by molar-refractivity contribution is 5.63. The number of benzene rings is 1. The molecular weight excluding hydrogens is 262 g/mol. The standard InChI is InChI=1S/C18H19NO2/c1-19-9-8-18-12-6-7-15(20-2)17(18)21-14-5-3-4-11(16(14)18)10-13(12)19/h3-7,13,17H,8-10H2,1-2H3/t13?,17-,18-/m0/s1. The molecule has 1 saturated heterocycles. The first kappa shape index (κ1) is 11.9. The summed E-state index contributed by atoms with van der Waals surface area (Å²) in [7, 11) is 4.00. The lowest BCUT2D eigenvalue weighted by atomic mass is 9.57. The second kappa shape index (κ2) is 3.72. The zero-order valence-electron chi connectivity index (χ0n) is 12.4. The zero-order valence-corrected chi connectivity index (χ0v) is 12.4. The van der Waals surface area contributed by atoms with Crippen molar-refractivity contribution in [3.8, 4) is 5.75 Å². The van der Waals surface area contributed by atoms with Crippen LogP contribution in [0.1, 0.15) is 17.5 Å². The maximum absolute atomic E-state index is 6.36. The summed E-state index contributed by atoms with van der Waals surface area (Å²) in [4.78, 5) is 2.49. The summed E-state index contributed by atoms with van der Waals surface area (Å²) >= 11 is 0. The number of hydrogen-bond acceptors (Lipinski definition) is 3. The van der Waals surface area contributed by atoms with Crippen molar-refractivity contribution >= 4 is 0 Å². The number of nitrogens with zero attached hydrogens (tertiary/aromatic N) is 1. The van der Waals surface area contributed by atoms with Gasteiger partial charge in [-0.3, -0.25) is 4.90 Å². The summed E-state index contributed by atoms with van der Waals surface area (Å²) < 4.78 is 12.0. The lowest BCUT2D eigenvalue weighted by Gasteiger charge is -2.52. The third-order valence-electron chi connectivity index (χ3n) is 5.85. The first-order valence-electron chi connectivity index (χ1n) is 7.71. The van der Waals surface area contributed by atoms with E-state index in [1.165, 1.54) is 16.7 Å². The fourth-order valence-electron chi connectivity index (χ4n) is 4.92. The minimum absolute atomic E-state index is 0.0153. The van der Waals surface area contributed by atoms with Gasteiger partial charge in [0.25, 0.3) is 0 Å². The molecule has 2 aliphatic carbocycles. The molecule has 0 radical (unpaired) electrons. The van der Waals surface area contributed by atoms with Gasteiger partial charge in [0, 0.05) is 11.6 Å². The van der Waals surface area contributed by atoms with Gasteiger partial charge in [-0.25, -0.2) is 0 Å². The lowest BCUT2D eigenvalue weighted by molar-refractivity contribution is 0.0743. The van der Waals surface area contributed by atoms with Crippen molar-refractivity contribution in [2.75, 3.05) is 20.7 Å². The monoisotopic (exact) mass is 281 g/mol. The Kier molecular flexibility index (Phi) is 2.10. The Balaban J connectivity index is 1.85. The predicted octanol–water partition coefficient (Wildman–Crippen LogP) is 2.42. The largest absolute Gasteiger partial charge is 0.497 e. The van der Waals surface area contributed by atoms with E-state index in [1.807, 2.05) is 0 Å². The molecular formula is C18H19NO2. The lowest BCUT2D eigenvalue weighted by Crippen LogP contribution is -2.58. The van der Waals surface area contributed by atoms with Gasteiger partial charge in [-0.2, -0.15) is 0 Å². The average Bonchev–Trinajstić information content (AvgIpc) is 2.84. The van der Waals surface area contributed by atoms with Crippen molar-refractivity contribution in [3.63, 3.8) is 0 Å². The molecule has 4 aliphatic rings. The number of likely N-dealkylation sites (N-methyl/N-ethyl adjacent to an activating group) is 1. The van der Waals surface area contributed by atoms with Gasteiger partial charge in [0.1, 0.15) is 11.5 Å². The Morgan fingerprint density at radius 2 is 2.24 bits per heavy atom. The van der Waals surface area contributed by atoms with Crippen molar-refractivity contribution in [1.82, 2.24) is 4.90 Å². The highest BCUT2D eigenvalue weighted by atomic mass is 16.5. The van der Waals surface area contributed by atoms with E-state index >= 15 is 0 Å². The van der Waals surface area contributed by atoms with Crippen molar-refractivity contribution < 1.29 is 9.47 Å². The topological polar surface area (TPSA) is 21.7 Å². The van der Waals surface area contributed by atoms with Crippen LogP contribution in [0.25, 0.3) is 0 Å². The number of ether oxygens (including phenoxy) is 2. The van der Waals surface area contributed by atoms with Crippen LogP contribution in [0.3, 0.4) is 0 Å². The Morgan fingerprint density at radius 1 is 1.33 bits per heavy atom. The minimum Gasteiger partial charge on any atom is -0.497 e. The summed E-state index contributed by atoms with van der Waals surface area (Å²) in [6.07, 6.45) is 6.64. The summed E-state index contributed by atoms with van der Waals surface area (Å²) in [6.45, 7) is 1.12. The van der Waals surface area contributed by atoms with Gasteiger partial charge < -0.3 is 9.47 Å². The van der Waals surface area contributed by atoms with Crippen LogP contribution < -0.4 is 4.74 Å². The summed E-state index contributed by atoms with van der Waals surface area (Å²) in [5, 5.41) is 0. The van der Waals surface area contributed by atoms with E-state index < -0.39 is 0 Å². The molecule has 3 nitrogen and oxygen atoms in total. The van der Waals surface area contributed by atoms with Crippen LogP contribution in [0.5, 0.6) is 5.75 Å². The molecule has 21 heavy (non-hydrogen) atoms. The van der Waals surface area contributed by atoms with E-state index in [2.05, 4.69) is 42.3 Å². The van der Waals surface area contributed by atoms with E-state index in [-0.39, 0.29) is 11.5 Å². The predicted molar refractivity (Wildman–Crippen MR) is 80.5 cm³/mol. The average molecular weight is 281 g/mol. The second-order valence-corrected chi connectivity index (χ2v) is 6.61. The Labute approximate surface area is 124 Å². The Morgan fingerprint density at radius 3 is 3.10 bits per heavy atom. The number of piperidine rings is 1. The van der Waals surface area contributed by atoms with E-state index in [9.17, 15) is 0 Å². The van der Waals surface area contributed by atoms with Gasteiger partial charge in [-0.1, -0.05) is 18.2 Å². The number of methoxy groups -OCH3 is 1. The van der Waals surface area contributed by atoms with Crippen LogP contribution in [0.2, 0.25) is 0 Å². The van der Waals surface area contributed by atoms with Crippen molar-refractivity contribution in [3.05, 3.63) is 52.8 Å². The number of rotatable bonds is 1. The molecule has 2 bridgehead atoms. The molecule has 0 N–H and O–H groups in total. The third kappa shape index (κ3) is 1.21. The van der Waals surface area contributed by atoms with Crippen LogP contribution in [0.15, 0.2) is 41.7 Å². The molecule has 1 fully saturated rings. The van der Waals surface area contributed by atoms with Gasteiger partial charge in [0.2, 0.25) is 0 Å². The van der Waals surface area contributed by atoms with Gasteiger partial charge in [-0.05, 0) is 49.7 Å². The third-order valence-corrected chi connectivity index (χ3v) is 5.85. The van der Waals surface area contributed by atoms with Crippen LogP contribution in [0, 0.1) is 0 Å². The number of likely N-dealkylation sites (tertiary alicyclic amines) is 1. The summed E-state index contributed by atoms with van der Waals surface area (Å²) in [5.74, 6) is 2.03. The van der Waals surface area contributed by atoms with E-state index in [1.54, 1.807) is 7.11 Å². The molecule has 5 rings (SSSR count). The Hall–Kier alpha value is -1.74. The molecule has 108 valence electrons. The minimum atomic E-state index is 0.0153. The normalized spacial score (nSPS) is 35.5. The van der Waals surface area contributed by atoms with Crippen molar-refractivity contribution in [2.24, 2.45) is 0 Å². The molecule has 3 atom stereocenters. The summed E-state index contributed by atoms with van der Waals surface area (Å²) in [5.41, 5.74) is 4.44. The van der Waals surface area contributed by atoms with Gasteiger partial charge in [0.05, 0.1) is 12.5 Å². The van der Waals surface area contributed by atoms with Crippen LogP contribution in [-0.2, 0) is 16.6 Å². The van der Waals surface area contributed by atoms with Gasteiger partial charge in [0.15, 0.2) is 6.10 Å². The zero-order chi connectivity index (χ0) is 14.2. The Bertz CT molecular complexity index is 705.